The summed E-state index contributed by atoms with van der Waals surface area (Å²) in [6.45, 7) is 6.10. The summed E-state index contributed by atoms with van der Waals surface area (Å²) >= 11 is 8.14. The van der Waals surface area contributed by atoms with E-state index in [-0.39, 0.29) is 22.2 Å². The van der Waals surface area contributed by atoms with E-state index in [4.69, 9.17) is 32.0 Å². The number of aromatic nitrogens is 2. The number of rotatable bonds is 5. The van der Waals surface area contributed by atoms with E-state index in [9.17, 15) is 4.79 Å². The van der Waals surface area contributed by atoms with Gasteiger partial charge in [-0.15, -0.1) is 0 Å². The van der Waals surface area contributed by atoms with E-state index in [0.717, 1.165) is 53.6 Å². The van der Waals surface area contributed by atoms with Gasteiger partial charge in [0.05, 0.1) is 35.2 Å². The van der Waals surface area contributed by atoms with Crippen LogP contribution in [-0.4, -0.2) is 66.5 Å². The Balaban J connectivity index is 1.50. The van der Waals surface area contributed by atoms with Crippen LogP contribution in [0.15, 0.2) is 45.7 Å². The number of aliphatic imine (C=N–C) groups is 1. The van der Waals surface area contributed by atoms with Gasteiger partial charge in [0, 0.05) is 39.2 Å². The fraction of sp³-hybridized carbons (Fsp3) is 0.429. The van der Waals surface area contributed by atoms with Gasteiger partial charge in [-0.2, -0.15) is 0 Å². The number of ether oxygens (including phenoxy) is 1. The second-order valence-corrected chi connectivity index (χ2v) is 11.2. The van der Waals surface area contributed by atoms with Crippen LogP contribution in [0.1, 0.15) is 40.8 Å². The Bertz CT molecular complexity index is 1360. The van der Waals surface area contributed by atoms with Crippen molar-refractivity contribution in [1.82, 2.24) is 14.9 Å². The van der Waals surface area contributed by atoms with Crippen molar-refractivity contribution in [3.63, 3.8) is 0 Å². The first kappa shape index (κ1) is 26.7. The van der Waals surface area contributed by atoms with Crippen molar-refractivity contribution in [2.24, 2.45) is 10.7 Å². The van der Waals surface area contributed by atoms with Crippen LogP contribution >= 0.6 is 23.4 Å². The van der Waals surface area contributed by atoms with Gasteiger partial charge in [0.25, 0.3) is 5.91 Å². The van der Waals surface area contributed by atoms with Crippen LogP contribution in [0.5, 0.6) is 0 Å². The smallest absolute Gasteiger partial charge is 0.270 e. The highest BCUT2D eigenvalue weighted by molar-refractivity contribution is 7.98. The molecule has 1 spiro atoms. The number of likely N-dealkylation sites (N-methyl/N-ethyl adjacent to an activating group) is 1. The zero-order valence-electron chi connectivity index (χ0n) is 22.1. The first-order chi connectivity index (χ1) is 18.3. The highest BCUT2D eigenvalue weighted by atomic mass is 35.5. The molecule has 1 atom stereocenters. The quantitative estimate of drug-likeness (QED) is 0.341. The van der Waals surface area contributed by atoms with Crippen molar-refractivity contribution in [2.45, 2.75) is 43.0 Å². The molecule has 200 valence electrons. The molecule has 2 aliphatic heterocycles. The molecule has 10 heteroatoms. The summed E-state index contributed by atoms with van der Waals surface area (Å²) < 4.78 is 6.70. The molecule has 3 heterocycles. The average Bonchev–Trinajstić information content (AvgIpc) is 3.10. The van der Waals surface area contributed by atoms with Crippen LogP contribution < -0.4 is 10.6 Å². The maximum atomic E-state index is 12.4. The predicted molar refractivity (Wildman–Crippen MR) is 154 cm³/mol. The Morgan fingerprint density at radius 2 is 2.16 bits per heavy atom. The number of hydrogen-bond acceptors (Lipinski definition) is 8. The SMILES string of the molecule is C=Cc1ccc2c(c1)C1(CC2)Cc2nc(SC)nc(N3CCCN=C(/C(Cl)=C(\N)C(=O)N(C)C)C3)c2CO1. The van der Waals surface area contributed by atoms with Gasteiger partial charge in [0.15, 0.2) is 5.16 Å². The van der Waals surface area contributed by atoms with E-state index in [1.165, 1.54) is 27.8 Å². The minimum Gasteiger partial charge on any atom is -0.393 e. The van der Waals surface area contributed by atoms with E-state index in [1.54, 1.807) is 14.1 Å². The van der Waals surface area contributed by atoms with Gasteiger partial charge >= 0.3 is 0 Å². The normalized spacial score (nSPS) is 21.3. The molecule has 0 saturated carbocycles. The molecule has 1 amide bonds. The molecular weight excluding hydrogens is 520 g/mol. The number of fused-ring (bicyclic) bond motifs is 3. The average molecular weight is 553 g/mol. The molecule has 5 rings (SSSR count). The number of hydrogen-bond donors (Lipinski definition) is 1. The third-order valence-electron chi connectivity index (χ3n) is 7.49. The number of nitrogens with zero attached hydrogens (tertiary/aromatic N) is 5. The number of carbonyl (C=O) groups excluding carboxylic acids is 1. The minimum atomic E-state index is -0.388. The summed E-state index contributed by atoms with van der Waals surface area (Å²) in [5, 5.41) is 0.917. The van der Waals surface area contributed by atoms with Crippen LogP contribution in [-0.2, 0) is 34.6 Å². The molecule has 1 aromatic carbocycles. The molecule has 8 nitrogen and oxygen atoms in total. The Morgan fingerprint density at radius 3 is 2.89 bits per heavy atom. The molecule has 38 heavy (non-hydrogen) atoms. The Morgan fingerprint density at radius 1 is 1.34 bits per heavy atom. The Hall–Kier alpha value is -2.88. The van der Waals surface area contributed by atoms with Crippen molar-refractivity contribution in [3.8, 4) is 0 Å². The Kier molecular flexibility index (Phi) is 7.53. The molecule has 0 radical (unpaired) electrons. The van der Waals surface area contributed by atoms with Crippen LogP contribution in [0.4, 0.5) is 5.82 Å². The van der Waals surface area contributed by atoms with Gasteiger partial charge < -0.3 is 20.3 Å². The van der Waals surface area contributed by atoms with E-state index in [0.29, 0.717) is 31.8 Å². The lowest BCUT2D eigenvalue weighted by Gasteiger charge is -2.37. The summed E-state index contributed by atoms with van der Waals surface area (Å²) in [5.41, 5.74) is 12.0. The lowest BCUT2D eigenvalue weighted by atomic mass is 9.86. The molecule has 0 bridgehead atoms. The highest BCUT2D eigenvalue weighted by Crippen LogP contribution is 2.47. The molecule has 1 unspecified atom stereocenters. The predicted octanol–water partition coefficient (Wildman–Crippen LogP) is 3.90. The molecule has 1 aromatic heterocycles. The number of thioether (sulfide) groups is 1. The second kappa shape index (κ2) is 10.7. The van der Waals surface area contributed by atoms with E-state index in [1.807, 2.05) is 12.3 Å². The molecule has 0 saturated heterocycles. The molecule has 2 N–H and O–H groups in total. The lowest BCUT2D eigenvalue weighted by Crippen LogP contribution is -2.38. The van der Waals surface area contributed by atoms with Crippen molar-refractivity contribution in [3.05, 3.63) is 63.5 Å². The van der Waals surface area contributed by atoms with Gasteiger partial charge in [-0.05, 0) is 48.3 Å². The lowest BCUT2D eigenvalue weighted by molar-refractivity contribution is -0.124. The largest absolute Gasteiger partial charge is 0.393 e. The third kappa shape index (κ3) is 4.83. The number of carbonyl (C=O) groups is 1. The first-order valence-corrected chi connectivity index (χ1v) is 14.4. The van der Waals surface area contributed by atoms with Crippen molar-refractivity contribution in [2.75, 3.05) is 44.9 Å². The summed E-state index contributed by atoms with van der Waals surface area (Å²) in [7, 11) is 3.29. The maximum absolute atomic E-state index is 12.4. The highest BCUT2D eigenvalue weighted by Gasteiger charge is 2.44. The number of anilines is 1. The van der Waals surface area contributed by atoms with Gasteiger partial charge in [0.1, 0.15) is 11.5 Å². The third-order valence-corrected chi connectivity index (χ3v) is 8.46. The number of aryl methyl sites for hydroxylation is 1. The van der Waals surface area contributed by atoms with Gasteiger partial charge in [-0.25, -0.2) is 9.97 Å². The van der Waals surface area contributed by atoms with Crippen molar-refractivity contribution >= 4 is 46.9 Å². The van der Waals surface area contributed by atoms with Crippen molar-refractivity contribution < 1.29 is 9.53 Å². The summed E-state index contributed by atoms with van der Waals surface area (Å²) in [5.74, 6) is 0.497. The summed E-state index contributed by atoms with van der Waals surface area (Å²) in [6.07, 6.45) is 7.30. The van der Waals surface area contributed by atoms with E-state index < -0.39 is 0 Å². The zero-order valence-corrected chi connectivity index (χ0v) is 23.7. The van der Waals surface area contributed by atoms with Crippen LogP contribution in [0.25, 0.3) is 6.08 Å². The Labute approximate surface area is 233 Å². The van der Waals surface area contributed by atoms with Crippen LogP contribution in [0.2, 0.25) is 0 Å². The van der Waals surface area contributed by atoms with Crippen molar-refractivity contribution in [1.29, 1.82) is 0 Å². The number of amides is 1. The summed E-state index contributed by atoms with van der Waals surface area (Å²) in [6, 6.07) is 6.52. The molecular formula is C28H33ClN6O2S. The molecule has 2 aromatic rings. The zero-order chi connectivity index (χ0) is 27.0. The fourth-order valence-corrected chi connectivity index (χ4v) is 6.02. The molecule has 3 aliphatic rings. The van der Waals surface area contributed by atoms with E-state index in [2.05, 4.69) is 34.7 Å². The topological polar surface area (TPSA) is 96.9 Å². The van der Waals surface area contributed by atoms with E-state index >= 15 is 0 Å². The van der Waals surface area contributed by atoms with Gasteiger partial charge in [-0.3, -0.25) is 9.79 Å². The number of nitrogens with two attached hydrogens (primary N) is 1. The second-order valence-electron chi connectivity index (χ2n) is 10.1. The maximum Gasteiger partial charge on any atom is 0.270 e. The summed E-state index contributed by atoms with van der Waals surface area (Å²) in [4.78, 5) is 30.6. The minimum absolute atomic E-state index is 0.00384. The number of benzene rings is 1. The van der Waals surface area contributed by atoms with Crippen LogP contribution in [0, 0.1) is 0 Å². The van der Waals surface area contributed by atoms with Crippen LogP contribution in [0.3, 0.4) is 0 Å². The fourth-order valence-electron chi connectivity index (χ4n) is 5.44. The number of halogens is 1. The molecule has 0 fully saturated rings. The van der Waals surface area contributed by atoms with Gasteiger partial charge in [-0.1, -0.05) is 48.2 Å². The first-order valence-electron chi connectivity index (χ1n) is 12.8. The molecule has 1 aliphatic carbocycles. The van der Waals surface area contributed by atoms with Gasteiger partial charge in [0.2, 0.25) is 0 Å². The standard InChI is InChI=1S/C28H33ClN6O2S/c1-5-17-7-8-18-9-10-28(20(18)13-17)14-21-19(16-37-28)25(33-27(32-21)38-4)35-12-6-11-31-22(15-35)23(29)24(30)26(36)34(2)3/h5,7-8,13H,1,6,9-12,14-16,30H2,2-4H3/b24-23+. The monoisotopic (exact) mass is 552 g/mol.